The maximum Gasteiger partial charge on any atom is 0.292 e. The van der Waals surface area contributed by atoms with Gasteiger partial charge in [0.1, 0.15) is 15.4 Å². The van der Waals surface area contributed by atoms with Crippen LogP contribution in [0.25, 0.3) is 20.4 Å². The second kappa shape index (κ2) is 6.30. The Labute approximate surface area is 158 Å². The summed E-state index contributed by atoms with van der Waals surface area (Å²) < 4.78 is 1.90. The predicted octanol–water partition coefficient (Wildman–Crippen LogP) is 4.47. The van der Waals surface area contributed by atoms with Crippen LogP contribution < -0.4 is 5.56 Å². The van der Waals surface area contributed by atoms with Crippen LogP contribution in [0.2, 0.25) is 5.02 Å². The van der Waals surface area contributed by atoms with E-state index < -0.39 is 0 Å². The van der Waals surface area contributed by atoms with E-state index in [1.807, 2.05) is 32.0 Å². The van der Waals surface area contributed by atoms with E-state index in [4.69, 9.17) is 11.6 Å². The second-order valence-corrected chi connectivity index (χ2v) is 7.55. The quantitative estimate of drug-likeness (QED) is 0.480. The van der Waals surface area contributed by atoms with Gasteiger partial charge >= 0.3 is 0 Å². The first-order valence-electron chi connectivity index (χ1n) is 8.04. The standard InChI is InChI=1S/C19H15ClN4OS/c1-10-8-11(2)22-18-15(10)16-17(26-18)19(25)24(12(3)23-16)21-9-13-4-6-14(20)7-5-13/h4-9H,1-3H3. The lowest BCUT2D eigenvalue weighted by atomic mass is 10.1. The Kier molecular flexibility index (Phi) is 4.09. The van der Waals surface area contributed by atoms with E-state index in [9.17, 15) is 4.79 Å². The van der Waals surface area contributed by atoms with Crippen molar-refractivity contribution in [2.45, 2.75) is 20.8 Å². The zero-order valence-corrected chi connectivity index (χ0v) is 16.0. The summed E-state index contributed by atoms with van der Waals surface area (Å²) in [4.78, 5) is 23.0. The molecule has 0 atom stereocenters. The van der Waals surface area contributed by atoms with Crippen molar-refractivity contribution in [1.29, 1.82) is 0 Å². The van der Waals surface area contributed by atoms with E-state index >= 15 is 0 Å². The summed E-state index contributed by atoms with van der Waals surface area (Å²) >= 11 is 7.26. The minimum absolute atomic E-state index is 0.183. The van der Waals surface area contributed by atoms with Crippen LogP contribution in [0, 0.1) is 20.8 Å². The molecular formula is C19H15ClN4OS. The van der Waals surface area contributed by atoms with E-state index in [0.29, 0.717) is 21.1 Å². The van der Waals surface area contributed by atoms with Gasteiger partial charge in [-0.1, -0.05) is 23.7 Å². The molecule has 1 aromatic carbocycles. The molecule has 7 heteroatoms. The third kappa shape index (κ3) is 2.81. The smallest absolute Gasteiger partial charge is 0.266 e. The summed E-state index contributed by atoms with van der Waals surface area (Å²) in [7, 11) is 0. The van der Waals surface area contributed by atoms with Gasteiger partial charge in [0.05, 0.1) is 11.7 Å². The van der Waals surface area contributed by atoms with Gasteiger partial charge in [0.25, 0.3) is 5.56 Å². The van der Waals surface area contributed by atoms with Crippen molar-refractivity contribution in [3.63, 3.8) is 0 Å². The van der Waals surface area contributed by atoms with Crippen LogP contribution in [0.15, 0.2) is 40.2 Å². The first kappa shape index (κ1) is 16.9. The molecule has 0 N–H and O–H groups in total. The maximum absolute atomic E-state index is 13.0. The summed E-state index contributed by atoms with van der Waals surface area (Å²) in [6.45, 7) is 5.75. The SMILES string of the molecule is Cc1cc(C)c2c(n1)sc1c(=O)n(N=Cc3ccc(Cl)cc3)c(C)nc12. The van der Waals surface area contributed by atoms with Crippen LogP contribution in [0.5, 0.6) is 0 Å². The number of rotatable bonds is 2. The molecule has 0 unspecified atom stereocenters. The van der Waals surface area contributed by atoms with Crippen molar-refractivity contribution >= 4 is 49.6 Å². The van der Waals surface area contributed by atoms with Gasteiger partial charge in [-0.05, 0) is 50.1 Å². The molecule has 0 saturated heterocycles. The molecule has 4 rings (SSSR count). The van der Waals surface area contributed by atoms with Gasteiger partial charge in [-0.15, -0.1) is 11.3 Å². The molecule has 3 heterocycles. The lowest BCUT2D eigenvalue weighted by Gasteiger charge is -2.04. The van der Waals surface area contributed by atoms with Crippen molar-refractivity contribution in [3.05, 3.63) is 68.4 Å². The van der Waals surface area contributed by atoms with Crippen LogP contribution in [-0.2, 0) is 0 Å². The van der Waals surface area contributed by atoms with Crippen molar-refractivity contribution in [3.8, 4) is 0 Å². The molecular weight excluding hydrogens is 368 g/mol. The van der Waals surface area contributed by atoms with Gasteiger partial charge in [-0.2, -0.15) is 9.78 Å². The van der Waals surface area contributed by atoms with E-state index in [-0.39, 0.29) is 5.56 Å². The molecule has 0 spiro atoms. The Morgan fingerprint density at radius 1 is 1.15 bits per heavy atom. The van der Waals surface area contributed by atoms with Crippen molar-refractivity contribution in [2.75, 3.05) is 0 Å². The van der Waals surface area contributed by atoms with Gasteiger partial charge in [-0.3, -0.25) is 4.79 Å². The Morgan fingerprint density at radius 2 is 1.88 bits per heavy atom. The first-order valence-corrected chi connectivity index (χ1v) is 9.23. The number of thiophene rings is 1. The largest absolute Gasteiger partial charge is 0.292 e. The highest BCUT2D eigenvalue weighted by Gasteiger charge is 2.16. The Hall–Kier alpha value is -2.57. The fourth-order valence-corrected chi connectivity index (χ4v) is 4.22. The minimum Gasteiger partial charge on any atom is -0.266 e. The maximum atomic E-state index is 13.0. The van der Waals surface area contributed by atoms with Crippen LogP contribution in [0.3, 0.4) is 0 Å². The van der Waals surface area contributed by atoms with Gasteiger partial charge < -0.3 is 0 Å². The number of benzene rings is 1. The van der Waals surface area contributed by atoms with Crippen LogP contribution in [-0.4, -0.2) is 20.9 Å². The topological polar surface area (TPSA) is 60.1 Å². The number of hydrogen-bond acceptors (Lipinski definition) is 5. The summed E-state index contributed by atoms with van der Waals surface area (Å²) in [6.07, 6.45) is 1.62. The predicted molar refractivity (Wildman–Crippen MR) is 108 cm³/mol. The van der Waals surface area contributed by atoms with Crippen molar-refractivity contribution in [1.82, 2.24) is 14.6 Å². The normalized spacial score (nSPS) is 11.8. The number of fused-ring (bicyclic) bond motifs is 3. The Bertz CT molecular complexity index is 1240. The number of aryl methyl sites for hydroxylation is 3. The van der Waals surface area contributed by atoms with Crippen molar-refractivity contribution < 1.29 is 0 Å². The zero-order valence-electron chi connectivity index (χ0n) is 14.4. The van der Waals surface area contributed by atoms with Crippen LogP contribution >= 0.6 is 22.9 Å². The number of aromatic nitrogens is 3. The summed E-state index contributed by atoms with van der Waals surface area (Å²) in [5.74, 6) is 0.535. The molecule has 3 aromatic heterocycles. The third-order valence-corrected chi connectivity index (χ3v) is 5.43. The van der Waals surface area contributed by atoms with Gasteiger partial charge in [0.15, 0.2) is 0 Å². The highest BCUT2D eigenvalue weighted by molar-refractivity contribution is 7.25. The average molecular weight is 383 g/mol. The van der Waals surface area contributed by atoms with E-state index in [2.05, 4.69) is 15.1 Å². The monoisotopic (exact) mass is 382 g/mol. The first-order chi connectivity index (χ1) is 12.4. The van der Waals surface area contributed by atoms with Crippen LogP contribution in [0.1, 0.15) is 22.6 Å². The van der Waals surface area contributed by atoms with E-state index in [1.54, 1.807) is 25.3 Å². The highest BCUT2D eigenvalue weighted by atomic mass is 35.5. The number of halogens is 1. The second-order valence-electron chi connectivity index (χ2n) is 6.11. The molecule has 130 valence electrons. The Morgan fingerprint density at radius 3 is 2.62 bits per heavy atom. The molecule has 0 radical (unpaired) electrons. The summed E-state index contributed by atoms with van der Waals surface area (Å²) in [5, 5.41) is 5.93. The molecule has 0 aliphatic heterocycles. The van der Waals surface area contributed by atoms with E-state index in [1.165, 1.54) is 16.0 Å². The molecule has 5 nitrogen and oxygen atoms in total. The van der Waals surface area contributed by atoms with Gasteiger partial charge in [-0.25, -0.2) is 9.97 Å². The Balaban J connectivity index is 1.91. The molecule has 0 fully saturated rings. The third-order valence-electron chi connectivity index (χ3n) is 4.12. The molecule has 4 aromatic rings. The molecule has 0 aliphatic rings. The molecule has 0 aliphatic carbocycles. The summed E-state index contributed by atoms with van der Waals surface area (Å²) in [6, 6.07) is 9.25. The van der Waals surface area contributed by atoms with E-state index in [0.717, 1.165) is 27.0 Å². The molecule has 0 amide bonds. The van der Waals surface area contributed by atoms with Gasteiger partial charge in [0, 0.05) is 16.1 Å². The average Bonchev–Trinajstić information content (AvgIpc) is 2.95. The molecule has 26 heavy (non-hydrogen) atoms. The number of hydrogen-bond donors (Lipinski definition) is 0. The molecule has 0 saturated carbocycles. The van der Waals surface area contributed by atoms with Crippen LogP contribution in [0.4, 0.5) is 0 Å². The highest BCUT2D eigenvalue weighted by Crippen LogP contribution is 2.32. The van der Waals surface area contributed by atoms with Crippen molar-refractivity contribution in [2.24, 2.45) is 5.10 Å². The van der Waals surface area contributed by atoms with Gasteiger partial charge in [0.2, 0.25) is 0 Å². The number of pyridine rings is 1. The molecule has 0 bridgehead atoms. The zero-order chi connectivity index (χ0) is 18.4. The lowest BCUT2D eigenvalue weighted by molar-refractivity contribution is 0.773. The fraction of sp³-hybridized carbons (Fsp3) is 0.158. The summed E-state index contributed by atoms with van der Waals surface area (Å²) in [5.41, 5.74) is 3.38. The minimum atomic E-state index is -0.183. The fourth-order valence-electron chi connectivity index (χ4n) is 2.94. The number of nitrogens with zero attached hydrogens (tertiary/aromatic N) is 4. The lowest BCUT2D eigenvalue weighted by Crippen LogP contribution is -2.19.